The van der Waals surface area contributed by atoms with E-state index >= 15 is 0 Å². The highest BCUT2D eigenvalue weighted by Crippen LogP contribution is 2.05. The van der Waals surface area contributed by atoms with Gasteiger partial charge < -0.3 is 16.2 Å². The van der Waals surface area contributed by atoms with Gasteiger partial charge in [-0.3, -0.25) is 9.59 Å². The van der Waals surface area contributed by atoms with Crippen LogP contribution in [0.1, 0.15) is 0 Å². The Morgan fingerprint density at radius 3 is 2.55 bits per heavy atom. The van der Waals surface area contributed by atoms with Gasteiger partial charge in [-0.2, -0.15) is 0 Å². The van der Waals surface area contributed by atoms with Crippen molar-refractivity contribution in [3.05, 3.63) is 11.3 Å². The van der Waals surface area contributed by atoms with E-state index in [1.54, 1.807) is 0 Å². The highest BCUT2D eigenvalue weighted by atomic mass is 16.3. The Bertz CT molecular complexity index is 244. The lowest BCUT2D eigenvalue weighted by Crippen LogP contribution is -2.37. The number of ketones is 1. The first-order chi connectivity index (χ1) is 5.13. The van der Waals surface area contributed by atoms with Crippen LogP contribution in [0.4, 0.5) is 0 Å². The number of hydrogen-bond acceptors (Lipinski definition) is 4. The van der Waals surface area contributed by atoms with Gasteiger partial charge in [0.2, 0.25) is 0 Å². The van der Waals surface area contributed by atoms with Crippen LogP contribution < -0.4 is 11.1 Å². The Kier molecular flexibility index (Phi) is 1.91. The molecule has 11 heavy (non-hydrogen) atoms. The van der Waals surface area contributed by atoms with Crippen molar-refractivity contribution in [3.63, 3.8) is 0 Å². The minimum absolute atomic E-state index is 0.0579. The predicted molar refractivity (Wildman–Crippen MR) is 36.7 cm³/mol. The molecule has 60 valence electrons. The van der Waals surface area contributed by atoms with Gasteiger partial charge in [-0.1, -0.05) is 0 Å². The molecule has 1 rings (SSSR count). The van der Waals surface area contributed by atoms with Crippen LogP contribution in [0, 0.1) is 0 Å². The summed E-state index contributed by atoms with van der Waals surface area (Å²) >= 11 is 0. The molecule has 0 saturated carbocycles. The van der Waals surface area contributed by atoms with E-state index in [4.69, 9.17) is 10.8 Å². The molecule has 1 amide bonds. The lowest BCUT2D eigenvalue weighted by Gasteiger charge is -2.12. The number of nitrogens with two attached hydrogens (primary N) is 1. The van der Waals surface area contributed by atoms with Gasteiger partial charge >= 0.3 is 0 Å². The Hall–Kier alpha value is -1.36. The van der Waals surface area contributed by atoms with Gasteiger partial charge in [0.05, 0.1) is 13.1 Å². The number of rotatable bonds is 1. The quantitative estimate of drug-likeness (QED) is 0.401. The maximum Gasteiger partial charge on any atom is 0.255 e. The van der Waals surface area contributed by atoms with E-state index in [1.807, 2.05) is 0 Å². The molecule has 0 bridgehead atoms. The largest absolute Gasteiger partial charge is 0.510 e. The highest BCUT2D eigenvalue weighted by Gasteiger charge is 2.23. The molecule has 0 unspecified atom stereocenters. The van der Waals surface area contributed by atoms with Crippen LogP contribution in [0.3, 0.4) is 0 Å². The van der Waals surface area contributed by atoms with Gasteiger partial charge in [-0.15, -0.1) is 0 Å². The fraction of sp³-hybridized carbons (Fsp3) is 0.333. The summed E-state index contributed by atoms with van der Waals surface area (Å²) < 4.78 is 0. The van der Waals surface area contributed by atoms with Crippen LogP contribution >= 0.6 is 0 Å². The summed E-state index contributed by atoms with van der Waals surface area (Å²) in [5.41, 5.74) is 4.57. The second-order valence-corrected chi connectivity index (χ2v) is 2.21. The third kappa shape index (κ3) is 1.38. The molecule has 0 aromatic carbocycles. The lowest BCUT2D eigenvalue weighted by molar-refractivity contribution is -0.121. The fourth-order valence-corrected chi connectivity index (χ4v) is 0.912. The summed E-state index contributed by atoms with van der Waals surface area (Å²) in [4.78, 5) is 21.4. The second-order valence-electron chi connectivity index (χ2n) is 2.21. The topological polar surface area (TPSA) is 92.4 Å². The summed E-state index contributed by atoms with van der Waals surface area (Å²) in [5.74, 6) is -1.59. The molecule has 0 spiro atoms. The SMILES string of the molecule is NC(=O)C1=C(O)CNCC1=O. The van der Waals surface area contributed by atoms with Crippen LogP contribution in [0.15, 0.2) is 11.3 Å². The fourth-order valence-electron chi connectivity index (χ4n) is 0.912. The monoisotopic (exact) mass is 156 g/mol. The molecule has 0 aromatic rings. The van der Waals surface area contributed by atoms with Crippen molar-refractivity contribution in [1.29, 1.82) is 0 Å². The molecule has 0 atom stereocenters. The molecule has 1 heterocycles. The first-order valence-corrected chi connectivity index (χ1v) is 3.08. The predicted octanol–water partition coefficient (Wildman–Crippen LogP) is -1.54. The van der Waals surface area contributed by atoms with Crippen molar-refractivity contribution in [1.82, 2.24) is 5.32 Å². The summed E-state index contributed by atoms with van der Waals surface area (Å²) in [7, 11) is 0. The summed E-state index contributed by atoms with van der Waals surface area (Å²) in [6, 6.07) is 0. The zero-order chi connectivity index (χ0) is 8.43. The lowest BCUT2D eigenvalue weighted by atomic mass is 10.1. The van der Waals surface area contributed by atoms with Crippen LogP contribution in [0.25, 0.3) is 0 Å². The Balaban J connectivity index is 3.01. The van der Waals surface area contributed by atoms with Gasteiger partial charge in [0.15, 0.2) is 5.78 Å². The van der Waals surface area contributed by atoms with Gasteiger partial charge in [0, 0.05) is 0 Å². The first kappa shape index (κ1) is 7.74. The van der Waals surface area contributed by atoms with E-state index in [1.165, 1.54) is 0 Å². The van der Waals surface area contributed by atoms with E-state index in [9.17, 15) is 9.59 Å². The molecule has 0 aromatic heterocycles. The average Bonchev–Trinajstić information content (AvgIpc) is 1.85. The smallest absolute Gasteiger partial charge is 0.255 e. The van der Waals surface area contributed by atoms with Crippen molar-refractivity contribution >= 4 is 11.7 Å². The van der Waals surface area contributed by atoms with Gasteiger partial charge in [-0.05, 0) is 0 Å². The number of amides is 1. The maximum atomic E-state index is 10.9. The zero-order valence-electron chi connectivity index (χ0n) is 5.76. The van der Waals surface area contributed by atoms with E-state index < -0.39 is 11.7 Å². The van der Waals surface area contributed by atoms with E-state index in [0.29, 0.717) is 0 Å². The highest BCUT2D eigenvalue weighted by molar-refractivity contribution is 6.20. The number of aliphatic hydroxyl groups is 1. The molecule has 1 aliphatic heterocycles. The van der Waals surface area contributed by atoms with Crippen molar-refractivity contribution < 1.29 is 14.7 Å². The normalized spacial score (nSPS) is 18.7. The van der Waals surface area contributed by atoms with Crippen LogP contribution in [-0.4, -0.2) is 29.9 Å². The van der Waals surface area contributed by atoms with Crippen LogP contribution in [0.2, 0.25) is 0 Å². The maximum absolute atomic E-state index is 10.9. The van der Waals surface area contributed by atoms with Crippen molar-refractivity contribution in [3.8, 4) is 0 Å². The number of aliphatic hydroxyl groups excluding tert-OH is 1. The first-order valence-electron chi connectivity index (χ1n) is 3.08. The molecular formula is C6H8N2O3. The number of carbonyl (C=O) groups is 2. The minimum Gasteiger partial charge on any atom is -0.510 e. The molecule has 5 nitrogen and oxygen atoms in total. The number of hydrogen-bond donors (Lipinski definition) is 3. The van der Waals surface area contributed by atoms with Gasteiger partial charge in [-0.25, -0.2) is 0 Å². The third-order valence-electron chi connectivity index (χ3n) is 1.39. The Morgan fingerprint density at radius 1 is 1.55 bits per heavy atom. The van der Waals surface area contributed by atoms with Gasteiger partial charge in [0.25, 0.3) is 5.91 Å². The van der Waals surface area contributed by atoms with E-state index in [0.717, 1.165) is 0 Å². The standard InChI is InChI=1S/C6H8N2O3/c7-6(11)5-3(9)1-8-2-4(5)10/h8-9H,1-2H2,(H2,7,11). The number of nitrogens with one attached hydrogen (secondary N) is 1. The summed E-state index contributed by atoms with van der Waals surface area (Å²) in [6.07, 6.45) is 0. The molecule has 4 N–H and O–H groups in total. The second kappa shape index (κ2) is 2.71. The Labute approximate surface area is 62.9 Å². The average molecular weight is 156 g/mol. The molecular weight excluding hydrogens is 148 g/mol. The number of carbonyl (C=O) groups excluding carboxylic acids is 2. The molecule has 1 aliphatic rings. The summed E-state index contributed by atoms with van der Waals surface area (Å²) in [5, 5.41) is 11.6. The molecule has 0 aliphatic carbocycles. The van der Waals surface area contributed by atoms with Gasteiger partial charge in [0.1, 0.15) is 11.3 Å². The van der Waals surface area contributed by atoms with E-state index in [2.05, 4.69) is 5.32 Å². The molecule has 5 heteroatoms. The van der Waals surface area contributed by atoms with Crippen molar-refractivity contribution in [2.75, 3.05) is 13.1 Å². The van der Waals surface area contributed by atoms with Crippen LogP contribution in [-0.2, 0) is 9.59 Å². The zero-order valence-corrected chi connectivity index (χ0v) is 5.76. The third-order valence-corrected chi connectivity index (χ3v) is 1.39. The molecule has 0 radical (unpaired) electrons. The molecule has 0 saturated heterocycles. The molecule has 0 fully saturated rings. The number of Topliss-reactive ketones (excluding diaryl/α,β-unsaturated/α-hetero) is 1. The van der Waals surface area contributed by atoms with E-state index in [-0.39, 0.29) is 24.4 Å². The van der Waals surface area contributed by atoms with Crippen LogP contribution in [0.5, 0.6) is 0 Å². The number of primary amides is 1. The summed E-state index contributed by atoms with van der Waals surface area (Å²) in [6.45, 7) is 0.187. The van der Waals surface area contributed by atoms with Crippen molar-refractivity contribution in [2.45, 2.75) is 0 Å². The van der Waals surface area contributed by atoms with Crippen molar-refractivity contribution in [2.24, 2.45) is 5.73 Å². The minimum atomic E-state index is -0.867. The Morgan fingerprint density at radius 2 is 2.18 bits per heavy atom.